The number of morpholine rings is 1. The lowest BCUT2D eigenvalue weighted by Gasteiger charge is -2.48. The zero-order chi connectivity index (χ0) is 14.4. The summed E-state index contributed by atoms with van der Waals surface area (Å²) in [6.45, 7) is 12.1. The van der Waals surface area contributed by atoms with E-state index in [1.165, 1.54) is 38.5 Å². The summed E-state index contributed by atoms with van der Waals surface area (Å²) in [6, 6.07) is 0.624. The number of hydrogen-bond donors (Lipinski definition) is 1. The van der Waals surface area contributed by atoms with Crippen LogP contribution in [0.3, 0.4) is 0 Å². The Labute approximate surface area is 125 Å². The first-order valence-electron chi connectivity index (χ1n) is 8.77. The fourth-order valence-corrected chi connectivity index (χ4v) is 4.15. The summed E-state index contributed by atoms with van der Waals surface area (Å²) in [7, 11) is 0. The second-order valence-electron chi connectivity index (χ2n) is 6.81. The molecule has 0 radical (unpaired) electrons. The number of nitrogens with one attached hydrogen (secondary N) is 1. The fourth-order valence-electron chi connectivity index (χ4n) is 4.15. The maximum atomic E-state index is 5.55. The Kier molecular flexibility index (Phi) is 6.31. The minimum Gasteiger partial charge on any atom is -0.379 e. The van der Waals surface area contributed by atoms with Crippen LogP contribution < -0.4 is 5.32 Å². The monoisotopic (exact) mass is 282 g/mol. The highest BCUT2D eigenvalue weighted by molar-refractivity contribution is 4.98. The Balaban J connectivity index is 2.05. The van der Waals surface area contributed by atoms with Gasteiger partial charge in [0.2, 0.25) is 0 Å². The van der Waals surface area contributed by atoms with E-state index in [1.54, 1.807) is 0 Å². The Hall–Kier alpha value is -0.120. The molecule has 1 saturated heterocycles. The molecule has 0 aromatic heterocycles. The molecule has 3 heteroatoms. The van der Waals surface area contributed by atoms with Crippen LogP contribution in [-0.2, 0) is 4.74 Å². The van der Waals surface area contributed by atoms with E-state index in [0.717, 1.165) is 38.8 Å². The predicted octanol–water partition coefficient (Wildman–Crippen LogP) is 3.05. The molecule has 1 saturated carbocycles. The van der Waals surface area contributed by atoms with Crippen LogP contribution in [0.25, 0.3) is 0 Å². The predicted molar refractivity (Wildman–Crippen MR) is 85.1 cm³/mol. The standard InChI is InChI=1S/C17H34N2O/c1-4-17(3,19-10-12-20-13-11-19)16(18-5-2)14-15-8-6-7-9-15/h15-16,18H,4-14H2,1-3H3. The lowest BCUT2D eigenvalue weighted by atomic mass is 9.81. The Morgan fingerprint density at radius 2 is 1.85 bits per heavy atom. The Bertz CT molecular complexity index is 272. The van der Waals surface area contributed by atoms with Crippen LogP contribution in [0, 0.1) is 5.92 Å². The lowest BCUT2D eigenvalue weighted by Crippen LogP contribution is -2.62. The summed E-state index contributed by atoms with van der Waals surface area (Å²) in [6.07, 6.45) is 8.37. The third-order valence-corrected chi connectivity index (χ3v) is 5.69. The minimum absolute atomic E-state index is 0.280. The van der Waals surface area contributed by atoms with Gasteiger partial charge in [-0.05, 0) is 32.2 Å². The third-order valence-electron chi connectivity index (χ3n) is 5.69. The van der Waals surface area contributed by atoms with Crippen molar-refractivity contribution < 1.29 is 4.74 Å². The van der Waals surface area contributed by atoms with E-state index in [4.69, 9.17) is 4.74 Å². The zero-order valence-electron chi connectivity index (χ0n) is 13.8. The third kappa shape index (κ3) is 3.75. The molecule has 2 aliphatic rings. The van der Waals surface area contributed by atoms with Gasteiger partial charge in [-0.15, -0.1) is 0 Å². The van der Waals surface area contributed by atoms with Crippen LogP contribution in [0.1, 0.15) is 59.3 Å². The average Bonchev–Trinajstić information content (AvgIpc) is 3.00. The molecule has 2 fully saturated rings. The zero-order valence-corrected chi connectivity index (χ0v) is 13.8. The summed E-state index contributed by atoms with van der Waals surface area (Å²) in [4.78, 5) is 2.68. The molecular formula is C17H34N2O. The first kappa shape index (κ1) is 16.3. The van der Waals surface area contributed by atoms with E-state index in [-0.39, 0.29) is 5.54 Å². The van der Waals surface area contributed by atoms with Gasteiger partial charge in [0.05, 0.1) is 13.2 Å². The van der Waals surface area contributed by atoms with Crippen LogP contribution >= 0.6 is 0 Å². The van der Waals surface area contributed by atoms with E-state index in [2.05, 4.69) is 31.0 Å². The molecule has 0 bridgehead atoms. The van der Waals surface area contributed by atoms with Crippen LogP contribution in [0.2, 0.25) is 0 Å². The van der Waals surface area contributed by atoms with Crippen molar-refractivity contribution in [2.24, 2.45) is 5.92 Å². The van der Waals surface area contributed by atoms with E-state index >= 15 is 0 Å². The van der Waals surface area contributed by atoms with E-state index in [0.29, 0.717) is 6.04 Å². The number of rotatable bonds is 7. The van der Waals surface area contributed by atoms with Gasteiger partial charge in [-0.3, -0.25) is 4.90 Å². The molecule has 0 spiro atoms. The topological polar surface area (TPSA) is 24.5 Å². The second kappa shape index (κ2) is 7.77. The van der Waals surface area contributed by atoms with Crippen molar-refractivity contribution in [3.63, 3.8) is 0 Å². The fraction of sp³-hybridized carbons (Fsp3) is 1.00. The SMILES string of the molecule is CCNC(CC1CCCC1)C(C)(CC)N1CCOCC1. The van der Waals surface area contributed by atoms with Gasteiger partial charge in [0, 0.05) is 24.7 Å². The van der Waals surface area contributed by atoms with E-state index in [9.17, 15) is 0 Å². The quantitative estimate of drug-likeness (QED) is 0.777. The van der Waals surface area contributed by atoms with Gasteiger partial charge in [0.15, 0.2) is 0 Å². The van der Waals surface area contributed by atoms with Gasteiger partial charge >= 0.3 is 0 Å². The highest BCUT2D eigenvalue weighted by atomic mass is 16.5. The number of nitrogens with zero attached hydrogens (tertiary/aromatic N) is 1. The molecule has 3 nitrogen and oxygen atoms in total. The molecule has 0 amide bonds. The van der Waals surface area contributed by atoms with Gasteiger partial charge < -0.3 is 10.1 Å². The second-order valence-corrected chi connectivity index (χ2v) is 6.81. The molecule has 2 atom stereocenters. The molecule has 118 valence electrons. The van der Waals surface area contributed by atoms with Gasteiger partial charge in [-0.1, -0.05) is 39.5 Å². The number of hydrogen-bond acceptors (Lipinski definition) is 3. The van der Waals surface area contributed by atoms with E-state index < -0.39 is 0 Å². The highest BCUT2D eigenvalue weighted by Gasteiger charge is 2.39. The van der Waals surface area contributed by atoms with Crippen molar-refractivity contribution >= 4 is 0 Å². The molecule has 0 aromatic rings. The van der Waals surface area contributed by atoms with Gasteiger partial charge in [-0.25, -0.2) is 0 Å². The van der Waals surface area contributed by atoms with Crippen molar-refractivity contribution in [1.29, 1.82) is 0 Å². The van der Waals surface area contributed by atoms with Crippen molar-refractivity contribution in [2.45, 2.75) is 70.9 Å². The number of ether oxygens (including phenoxy) is 1. The highest BCUT2D eigenvalue weighted by Crippen LogP contribution is 2.34. The lowest BCUT2D eigenvalue weighted by molar-refractivity contribution is -0.0351. The summed E-state index contributed by atoms with van der Waals surface area (Å²) in [5.74, 6) is 0.950. The van der Waals surface area contributed by atoms with E-state index in [1.807, 2.05) is 0 Å². The molecule has 2 unspecified atom stereocenters. The van der Waals surface area contributed by atoms with Crippen LogP contribution in [0.4, 0.5) is 0 Å². The van der Waals surface area contributed by atoms with Crippen molar-refractivity contribution in [2.75, 3.05) is 32.8 Å². The van der Waals surface area contributed by atoms with Gasteiger partial charge in [-0.2, -0.15) is 0 Å². The van der Waals surface area contributed by atoms with Crippen LogP contribution in [-0.4, -0.2) is 49.3 Å². The van der Waals surface area contributed by atoms with Crippen LogP contribution in [0.15, 0.2) is 0 Å². The molecule has 0 aromatic carbocycles. The van der Waals surface area contributed by atoms with Crippen molar-refractivity contribution in [3.05, 3.63) is 0 Å². The van der Waals surface area contributed by atoms with Gasteiger partial charge in [0.25, 0.3) is 0 Å². The molecule has 2 rings (SSSR count). The average molecular weight is 282 g/mol. The first-order valence-corrected chi connectivity index (χ1v) is 8.77. The summed E-state index contributed by atoms with van der Waals surface area (Å²) in [5.41, 5.74) is 0.280. The van der Waals surface area contributed by atoms with Crippen LogP contribution in [0.5, 0.6) is 0 Å². The summed E-state index contributed by atoms with van der Waals surface area (Å²) < 4.78 is 5.55. The Morgan fingerprint density at radius 1 is 1.20 bits per heavy atom. The molecule has 1 N–H and O–H groups in total. The molecule has 1 aliphatic heterocycles. The maximum absolute atomic E-state index is 5.55. The maximum Gasteiger partial charge on any atom is 0.0594 e. The molecule has 20 heavy (non-hydrogen) atoms. The van der Waals surface area contributed by atoms with Crippen molar-refractivity contribution in [1.82, 2.24) is 10.2 Å². The first-order chi connectivity index (χ1) is 9.70. The van der Waals surface area contributed by atoms with Crippen molar-refractivity contribution in [3.8, 4) is 0 Å². The molecule has 1 aliphatic carbocycles. The number of likely N-dealkylation sites (N-methyl/N-ethyl adjacent to an activating group) is 1. The smallest absolute Gasteiger partial charge is 0.0594 e. The molecule has 1 heterocycles. The summed E-state index contributed by atoms with van der Waals surface area (Å²) >= 11 is 0. The normalized spacial score (nSPS) is 26.6. The summed E-state index contributed by atoms with van der Waals surface area (Å²) in [5, 5.41) is 3.82. The molecular weight excluding hydrogens is 248 g/mol. The minimum atomic E-state index is 0.280. The Morgan fingerprint density at radius 3 is 2.40 bits per heavy atom. The van der Waals surface area contributed by atoms with Gasteiger partial charge in [0.1, 0.15) is 0 Å². The largest absolute Gasteiger partial charge is 0.379 e.